The average molecular weight is 377 g/mol. The molecule has 3 rings (SSSR count). The van der Waals surface area contributed by atoms with Crippen LogP contribution in [0.3, 0.4) is 0 Å². The first-order valence-electron chi connectivity index (χ1n) is 7.59. The fourth-order valence-corrected chi connectivity index (χ4v) is 2.74. The van der Waals surface area contributed by atoms with E-state index in [0.29, 0.717) is 28.5 Å². The Morgan fingerprint density at radius 1 is 1.31 bits per heavy atom. The van der Waals surface area contributed by atoms with E-state index in [1.165, 1.54) is 11.6 Å². The number of likely N-dealkylation sites (N-methyl/N-ethyl adjacent to an activating group) is 1. The molecule has 0 radical (unpaired) electrons. The van der Waals surface area contributed by atoms with Crippen LogP contribution in [0.15, 0.2) is 35.3 Å². The molecule has 0 aliphatic carbocycles. The highest BCUT2D eigenvalue weighted by Gasteiger charge is 2.19. The lowest BCUT2D eigenvalue weighted by molar-refractivity contribution is -0.122. The number of nitrogens with one attached hydrogen (secondary N) is 3. The summed E-state index contributed by atoms with van der Waals surface area (Å²) < 4.78 is 6.71. The Hall–Kier alpha value is -3.33. The van der Waals surface area contributed by atoms with Crippen LogP contribution in [0.5, 0.6) is 5.75 Å². The van der Waals surface area contributed by atoms with Crippen LogP contribution in [-0.4, -0.2) is 34.1 Å². The number of nitrogens with two attached hydrogens (primary N) is 2. The Labute approximate surface area is 152 Å². The number of amides is 1. The number of carbonyl (C=O) groups excluding carboxylic acids is 1. The zero-order valence-electron chi connectivity index (χ0n) is 13.8. The Bertz CT molecular complexity index is 1020. The lowest BCUT2D eigenvalue weighted by Crippen LogP contribution is -2.24. The summed E-state index contributed by atoms with van der Waals surface area (Å²) in [6.45, 7) is -0.169. The second-order valence-electron chi connectivity index (χ2n) is 5.41. The number of imidazole rings is 1. The van der Waals surface area contributed by atoms with E-state index in [1.54, 1.807) is 30.5 Å². The van der Waals surface area contributed by atoms with Gasteiger partial charge in [-0.05, 0) is 24.3 Å². The third kappa shape index (κ3) is 3.11. The molecule has 9 nitrogen and oxygen atoms in total. The van der Waals surface area contributed by atoms with Crippen LogP contribution in [0.4, 0.5) is 11.6 Å². The van der Waals surface area contributed by atoms with Gasteiger partial charge in [-0.15, -0.1) is 0 Å². The maximum absolute atomic E-state index is 12.4. The van der Waals surface area contributed by atoms with E-state index in [2.05, 4.69) is 15.3 Å². The number of benzene rings is 1. The molecule has 2 aromatic heterocycles. The van der Waals surface area contributed by atoms with Gasteiger partial charge in [0.2, 0.25) is 0 Å². The summed E-state index contributed by atoms with van der Waals surface area (Å²) in [6, 6.07) is 6.46. The number of nitrogen functional groups attached to an aromatic ring is 2. The third-order valence-corrected chi connectivity index (χ3v) is 4.06. The molecule has 0 saturated heterocycles. The molecule has 136 valence electrons. The van der Waals surface area contributed by atoms with Gasteiger partial charge in [-0.1, -0.05) is 11.6 Å². The lowest BCUT2D eigenvalue weighted by Gasteiger charge is -2.11. The van der Waals surface area contributed by atoms with Crippen molar-refractivity contribution in [1.29, 1.82) is 0 Å². The van der Waals surface area contributed by atoms with E-state index >= 15 is 0 Å². The number of aromatic amines is 2. The summed E-state index contributed by atoms with van der Waals surface area (Å²) in [5, 5.41) is 2.69. The molecule has 0 atom stereocenters. The third-order valence-electron chi connectivity index (χ3n) is 3.77. The Kier molecular flexibility index (Phi) is 4.63. The quantitative estimate of drug-likeness (QED) is 0.453. The molecule has 0 unspecified atom stereocenters. The van der Waals surface area contributed by atoms with Gasteiger partial charge in [-0.3, -0.25) is 14.3 Å². The SMILES string of the molecule is CNC(=O)COc1ccc(-n2c(-c3cc[nH]c3N)c(N)[nH]c2=O)cc1Cl. The molecule has 2 heterocycles. The molecule has 0 aliphatic rings. The maximum atomic E-state index is 12.4. The minimum Gasteiger partial charge on any atom is -0.482 e. The first-order valence-corrected chi connectivity index (χ1v) is 7.97. The summed E-state index contributed by atoms with van der Waals surface area (Å²) >= 11 is 6.23. The molecule has 7 N–H and O–H groups in total. The summed E-state index contributed by atoms with van der Waals surface area (Å²) in [7, 11) is 1.51. The van der Waals surface area contributed by atoms with Crippen molar-refractivity contribution in [2.45, 2.75) is 0 Å². The number of carbonyl (C=O) groups is 1. The normalized spacial score (nSPS) is 10.7. The number of hydrogen-bond donors (Lipinski definition) is 5. The Morgan fingerprint density at radius 2 is 2.08 bits per heavy atom. The molecular weight excluding hydrogens is 360 g/mol. The van der Waals surface area contributed by atoms with Gasteiger partial charge in [0.1, 0.15) is 23.1 Å². The van der Waals surface area contributed by atoms with Crippen LogP contribution in [0, 0.1) is 0 Å². The molecule has 0 fully saturated rings. The van der Waals surface area contributed by atoms with Gasteiger partial charge >= 0.3 is 5.69 Å². The van der Waals surface area contributed by atoms with Crippen LogP contribution >= 0.6 is 11.6 Å². The molecule has 0 saturated carbocycles. The predicted octanol–water partition coefficient (Wildman–Crippen LogP) is 1.10. The van der Waals surface area contributed by atoms with Crippen LogP contribution in [0.1, 0.15) is 0 Å². The van der Waals surface area contributed by atoms with Gasteiger partial charge in [0.15, 0.2) is 6.61 Å². The van der Waals surface area contributed by atoms with Crippen molar-refractivity contribution in [3.05, 3.63) is 46.0 Å². The van der Waals surface area contributed by atoms with Gasteiger partial charge in [-0.2, -0.15) is 0 Å². The lowest BCUT2D eigenvalue weighted by atomic mass is 10.2. The number of nitrogens with zero attached hydrogens (tertiary/aromatic N) is 1. The largest absolute Gasteiger partial charge is 0.482 e. The van der Waals surface area contributed by atoms with Crippen LogP contribution in [0.2, 0.25) is 5.02 Å². The van der Waals surface area contributed by atoms with Gasteiger partial charge in [-0.25, -0.2) is 4.79 Å². The van der Waals surface area contributed by atoms with E-state index in [-0.39, 0.29) is 23.4 Å². The summed E-state index contributed by atoms with van der Waals surface area (Å²) in [6.07, 6.45) is 1.65. The van der Waals surface area contributed by atoms with Crippen LogP contribution in [0.25, 0.3) is 16.9 Å². The molecular formula is C16H17ClN6O3. The standard InChI is InChI=1S/C16H17ClN6O3/c1-20-12(24)7-26-11-3-2-8(6-10(11)17)23-13(15(19)22-16(23)25)9-4-5-21-14(9)18/h2-6,21H,7,18-19H2,1H3,(H,20,24)(H,22,25). The predicted molar refractivity (Wildman–Crippen MR) is 99.6 cm³/mol. The number of ether oxygens (including phenoxy) is 1. The van der Waals surface area contributed by atoms with Crippen LogP contribution in [-0.2, 0) is 4.79 Å². The minimum absolute atomic E-state index is 0.169. The van der Waals surface area contributed by atoms with Crippen molar-refractivity contribution in [2.75, 3.05) is 25.1 Å². The molecule has 1 aromatic carbocycles. The van der Waals surface area contributed by atoms with Gasteiger partial charge < -0.3 is 26.5 Å². The number of H-pyrrole nitrogens is 2. The van der Waals surface area contributed by atoms with E-state index < -0.39 is 5.69 Å². The smallest absolute Gasteiger partial charge is 0.332 e. The summed E-state index contributed by atoms with van der Waals surface area (Å²) in [5.74, 6) is 0.585. The highest BCUT2D eigenvalue weighted by atomic mass is 35.5. The Morgan fingerprint density at radius 3 is 2.69 bits per heavy atom. The van der Waals surface area contributed by atoms with Crippen molar-refractivity contribution in [3.63, 3.8) is 0 Å². The Balaban J connectivity index is 2.03. The van der Waals surface area contributed by atoms with E-state index in [9.17, 15) is 9.59 Å². The molecule has 0 bridgehead atoms. The highest BCUT2D eigenvalue weighted by molar-refractivity contribution is 6.32. The van der Waals surface area contributed by atoms with Gasteiger partial charge in [0, 0.05) is 18.8 Å². The summed E-state index contributed by atoms with van der Waals surface area (Å²) in [4.78, 5) is 29.1. The number of anilines is 2. The van der Waals surface area contributed by atoms with E-state index in [1.807, 2.05) is 0 Å². The first-order chi connectivity index (χ1) is 12.4. The molecule has 10 heteroatoms. The zero-order chi connectivity index (χ0) is 18.8. The van der Waals surface area contributed by atoms with Crippen molar-refractivity contribution in [3.8, 4) is 22.7 Å². The monoisotopic (exact) mass is 376 g/mol. The minimum atomic E-state index is -0.437. The van der Waals surface area contributed by atoms with E-state index in [4.69, 9.17) is 27.8 Å². The van der Waals surface area contributed by atoms with Crippen LogP contribution < -0.4 is 27.2 Å². The van der Waals surface area contributed by atoms with E-state index in [0.717, 1.165) is 0 Å². The number of rotatable bonds is 5. The highest BCUT2D eigenvalue weighted by Crippen LogP contribution is 2.32. The maximum Gasteiger partial charge on any atom is 0.332 e. The average Bonchev–Trinajstić information content (AvgIpc) is 3.15. The first kappa shape index (κ1) is 17.5. The van der Waals surface area contributed by atoms with Gasteiger partial charge in [0.05, 0.1) is 10.7 Å². The van der Waals surface area contributed by atoms with Crippen molar-refractivity contribution >= 4 is 29.1 Å². The number of halogens is 1. The molecule has 0 aliphatic heterocycles. The second kappa shape index (κ2) is 6.89. The molecule has 26 heavy (non-hydrogen) atoms. The van der Waals surface area contributed by atoms with Crippen molar-refractivity contribution < 1.29 is 9.53 Å². The fourth-order valence-electron chi connectivity index (χ4n) is 2.51. The van der Waals surface area contributed by atoms with Crippen molar-refractivity contribution in [2.24, 2.45) is 0 Å². The van der Waals surface area contributed by atoms with Crippen molar-refractivity contribution in [1.82, 2.24) is 19.9 Å². The molecule has 0 spiro atoms. The van der Waals surface area contributed by atoms with Gasteiger partial charge in [0.25, 0.3) is 5.91 Å². The summed E-state index contributed by atoms with van der Waals surface area (Å²) in [5.41, 5.74) is 12.9. The fraction of sp³-hybridized carbons (Fsp3) is 0.125. The second-order valence-corrected chi connectivity index (χ2v) is 5.82. The molecule has 3 aromatic rings. The number of hydrogen-bond acceptors (Lipinski definition) is 5. The number of aromatic nitrogens is 3. The molecule has 1 amide bonds. The topological polar surface area (TPSA) is 144 Å². The zero-order valence-corrected chi connectivity index (χ0v) is 14.6.